The molecular weight excluding hydrogens is 391 g/mol. The third-order valence-electron chi connectivity index (χ3n) is 9.05. The van der Waals surface area contributed by atoms with Crippen LogP contribution in [0.2, 0.25) is 0 Å². The van der Waals surface area contributed by atoms with Crippen molar-refractivity contribution in [2.45, 2.75) is 108 Å². The Morgan fingerprint density at radius 2 is 1.97 bits per heavy atom. The van der Waals surface area contributed by atoms with E-state index in [0.29, 0.717) is 37.5 Å². The van der Waals surface area contributed by atoms with Gasteiger partial charge in [0.05, 0.1) is 18.3 Å². The van der Waals surface area contributed by atoms with Gasteiger partial charge in [-0.25, -0.2) is 4.39 Å². The number of halogens is 1. The third kappa shape index (κ3) is 4.72. The van der Waals surface area contributed by atoms with Crippen molar-refractivity contribution in [1.82, 2.24) is 0 Å². The molecule has 4 aliphatic carbocycles. The first-order chi connectivity index (χ1) is 14.6. The lowest BCUT2D eigenvalue weighted by Crippen LogP contribution is -2.43. The van der Waals surface area contributed by atoms with Gasteiger partial charge in [0.25, 0.3) is 0 Å². The maximum Gasteiger partial charge on any atom is 0.111 e. The number of allylic oxidation sites excluding steroid dienone is 3. The number of alkyl halides is 1. The second-order valence-electron chi connectivity index (χ2n) is 11.3. The number of hydrogen-bond donors (Lipinski definition) is 3. The van der Waals surface area contributed by atoms with Gasteiger partial charge in [0, 0.05) is 6.42 Å². The maximum atomic E-state index is 16.0. The lowest BCUT2D eigenvalue weighted by Gasteiger charge is -2.46. The predicted octanol–water partition coefficient (Wildman–Crippen LogP) is 5.41. The molecule has 174 valence electrons. The number of aliphatic hydroxyl groups is 3. The highest BCUT2D eigenvalue weighted by molar-refractivity contribution is 5.38. The average Bonchev–Trinajstić information content (AvgIpc) is 3.49. The van der Waals surface area contributed by atoms with Gasteiger partial charge in [-0.15, -0.1) is 0 Å². The number of hydrogen-bond acceptors (Lipinski definition) is 3. The Kier molecular flexibility index (Phi) is 6.55. The molecule has 0 unspecified atom stereocenters. The van der Waals surface area contributed by atoms with E-state index < -0.39 is 17.9 Å². The average molecular weight is 433 g/mol. The fourth-order valence-electron chi connectivity index (χ4n) is 7.01. The maximum absolute atomic E-state index is 16.0. The lowest BCUT2D eigenvalue weighted by atomic mass is 9.60. The van der Waals surface area contributed by atoms with Crippen molar-refractivity contribution >= 4 is 0 Å². The van der Waals surface area contributed by atoms with Gasteiger partial charge in [-0.05, 0) is 105 Å². The van der Waals surface area contributed by atoms with E-state index >= 15 is 4.39 Å². The summed E-state index contributed by atoms with van der Waals surface area (Å²) in [6, 6.07) is 0. The van der Waals surface area contributed by atoms with Gasteiger partial charge in [-0.3, -0.25) is 0 Å². The van der Waals surface area contributed by atoms with E-state index in [-0.39, 0.29) is 17.4 Å². The molecule has 3 N–H and O–H groups in total. The molecule has 0 amide bonds. The molecule has 4 heteroatoms. The van der Waals surface area contributed by atoms with E-state index in [0.717, 1.165) is 56.1 Å². The molecule has 4 aliphatic rings. The predicted molar refractivity (Wildman–Crippen MR) is 122 cm³/mol. The molecule has 0 aromatic rings. The van der Waals surface area contributed by atoms with E-state index in [9.17, 15) is 15.3 Å². The molecular formula is C27H41FO3. The van der Waals surface area contributed by atoms with Gasteiger partial charge in [-0.1, -0.05) is 31.2 Å². The highest BCUT2D eigenvalue weighted by Crippen LogP contribution is 2.61. The standard InChI is InChI=1S/C27H41FO3/c1-17-20(15-21(29)16-24(17)31)9-6-18-5-4-13-26(2)22(18)10-11-25(26)27(3,28)14-12-23(30)19-7-8-19/h6,9,19,21-25,29-31H,1,4-5,7-8,10-16H2,2-3H3/b18-6+,20-9-/t21-,22+,23-,24+,25+,26+,27-/m1/s1. The third-order valence-corrected chi connectivity index (χ3v) is 9.05. The van der Waals surface area contributed by atoms with Gasteiger partial charge >= 0.3 is 0 Å². The molecule has 7 atom stereocenters. The monoisotopic (exact) mass is 432 g/mol. The molecule has 0 heterocycles. The second-order valence-corrected chi connectivity index (χ2v) is 11.3. The summed E-state index contributed by atoms with van der Waals surface area (Å²) < 4.78 is 16.0. The topological polar surface area (TPSA) is 60.7 Å². The van der Waals surface area contributed by atoms with Crippen LogP contribution in [-0.4, -0.2) is 39.3 Å². The zero-order chi connectivity index (χ0) is 22.4. The Morgan fingerprint density at radius 3 is 2.68 bits per heavy atom. The minimum atomic E-state index is -1.24. The highest BCUT2D eigenvalue weighted by Gasteiger charge is 2.55. The van der Waals surface area contributed by atoms with E-state index in [1.165, 1.54) is 5.57 Å². The van der Waals surface area contributed by atoms with E-state index in [1.807, 2.05) is 6.08 Å². The Hall–Kier alpha value is -0.970. The quantitative estimate of drug-likeness (QED) is 0.526. The van der Waals surface area contributed by atoms with Crippen molar-refractivity contribution in [1.29, 1.82) is 0 Å². The van der Waals surface area contributed by atoms with Crippen LogP contribution >= 0.6 is 0 Å². The Morgan fingerprint density at radius 1 is 1.23 bits per heavy atom. The number of rotatable bonds is 6. The summed E-state index contributed by atoms with van der Waals surface area (Å²) in [6.45, 7) is 8.09. The lowest BCUT2D eigenvalue weighted by molar-refractivity contribution is -0.0112. The fourth-order valence-corrected chi connectivity index (χ4v) is 7.01. The molecule has 31 heavy (non-hydrogen) atoms. The Balaban J connectivity index is 1.48. The second kappa shape index (κ2) is 8.76. The molecule has 4 rings (SSSR count). The molecule has 4 saturated carbocycles. The van der Waals surface area contributed by atoms with Crippen LogP contribution in [0.25, 0.3) is 0 Å². The van der Waals surface area contributed by atoms with Crippen LogP contribution in [0, 0.1) is 23.2 Å². The molecule has 0 saturated heterocycles. The van der Waals surface area contributed by atoms with Gasteiger partial charge in [0.1, 0.15) is 5.67 Å². The van der Waals surface area contributed by atoms with E-state index in [2.05, 4.69) is 19.6 Å². The summed E-state index contributed by atoms with van der Waals surface area (Å²) in [5.74, 6) is 0.825. The summed E-state index contributed by atoms with van der Waals surface area (Å²) in [4.78, 5) is 0. The fraction of sp³-hybridized carbons (Fsp3) is 0.778. The van der Waals surface area contributed by atoms with Gasteiger partial charge in [-0.2, -0.15) is 0 Å². The van der Waals surface area contributed by atoms with Crippen molar-refractivity contribution in [2.24, 2.45) is 23.2 Å². The van der Waals surface area contributed by atoms with E-state index in [4.69, 9.17) is 0 Å². The molecule has 0 radical (unpaired) electrons. The molecule has 4 fully saturated rings. The minimum absolute atomic E-state index is 0.0287. The summed E-state index contributed by atoms with van der Waals surface area (Å²) in [6.07, 6.45) is 11.9. The van der Waals surface area contributed by atoms with Crippen LogP contribution in [0.1, 0.15) is 84.5 Å². The highest BCUT2D eigenvalue weighted by atomic mass is 19.1. The minimum Gasteiger partial charge on any atom is -0.393 e. The van der Waals surface area contributed by atoms with Crippen LogP contribution in [0.3, 0.4) is 0 Å². The molecule has 0 spiro atoms. The summed E-state index contributed by atoms with van der Waals surface area (Å²) in [7, 11) is 0. The normalized spacial score (nSPS) is 41.9. The van der Waals surface area contributed by atoms with Gasteiger partial charge in [0.15, 0.2) is 0 Å². The zero-order valence-electron chi connectivity index (χ0n) is 19.3. The van der Waals surface area contributed by atoms with Crippen LogP contribution < -0.4 is 0 Å². The van der Waals surface area contributed by atoms with Gasteiger partial charge < -0.3 is 15.3 Å². The number of aliphatic hydroxyl groups excluding tert-OH is 3. The van der Waals surface area contributed by atoms with Crippen molar-refractivity contribution in [3.8, 4) is 0 Å². The van der Waals surface area contributed by atoms with Crippen LogP contribution in [0.4, 0.5) is 4.39 Å². The van der Waals surface area contributed by atoms with Crippen molar-refractivity contribution in [3.05, 3.63) is 35.5 Å². The molecule has 3 nitrogen and oxygen atoms in total. The smallest absolute Gasteiger partial charge is 0.111 e. The van der Waals surface area contributed by atoms with E-state index in [1.54, 1.807) is 6.92 Å². The SMILES string of the molecule is C=C1/C(=C\C=C2/CCC[C@@]3(C)[C@H]2CC[C@@H]3[C@](C)(F)CC[C@@H](O)C2CC2)C[C@@H](O)C[C@@H]1O. The Labute approximate surface area is 187 Å². The summed E-state index contributed by atoms with van der Waals surface area (Å²) >= 11 is 0. The molecule has 0 aromatic carbocycles. The first kappa shape index (κ1) is 23.2. The number of fused-ring (bicyclic) bond motifs is 1. The van der Waals surface area contributed by atoms with Crippen molar-refractivity contribution in [2.75, 3.05) is 0 Å². The van der Waals surface area contributed by atoms with Crippen LogP contribution in [-0.2, 0) is 0 Å². The molecule has 0 bridgehead atoms. The van der Waals surface area contributed by atoms with Gasteiger partial charge in [0.2, 0.25) is 0 Å². The summed E-state index contributed by atoms with van der Waals surface area (Å²) in [5.41, 5.74) is 1.76. The summed E-state index contributed by atoms with van der Waals surface area (Å²) in [5, 5.41) is 30.4. The van der Waals surface area contributed by atoms with Crippen molar-refractivity contribution < 1.29 is 19.7 Å². The van der Waals surface area contributed by atoms with Crippen LogP contribution in [0.15, 0.2) is 35.5 Å². The molecule has 0 aromatic heterocycles. The van der Waals surface area contributed by atoms with Crippen LogP contribution in [0.5, 0.6) is 0 Å². The Bertz CT molecular complexity index is 750. The molecule has 0 aliphatic heterocycles. The largest absolute Gasteiger partial charge is 0.393 e. The first-order valence-electron chi connectivity index (χ1n) is 12.4. The van der Waals surface area contributed by atoms with Crippen molar-refractivity contribution in [3.63, 3.8) is 0 Å². The first-order valence-corrected chi connectivity index (χ1v) is 12.4. The zero-order valence-corrected chi connectivity index (χ0v) is 19.3.